The second kappa shape index (κ2) is 14.7. The summed E-state index contributed by atoms with van der Waals surface area (Å²) in [5.41, 5.74) is 3.24. The molecule has 0 aliphatic rings. The molecular formula is C34H33N3O5S. The Kier molecular flexibility index (Phi) is 10.6. The number of carbonyl (C=O) groups excluding carboxylic acids is 3. The average molecular weight is 596 g/mol. The summed E-state index contributed by atoms with van der Waals surface area (Å²) in [6, 6.07) is 28.7. The Morgan fingerprint density at radius 2 is 1.49 bits per heavy atom. The number of amides is 3. The fraction of sp³-hybridized carbons (Fsp3) is 0.147. The zero-order valence-corrected chi connectivity index (χ0v) is 25.2. The summed E-state index contributed by atoms with van der Waals surface area (Å²) in [7, 11) is 3.02. The van der Waals surface area contributed by atoms with Gasteiger partial charge < -0.3 is 25.4 Å². The Balaban J connectivity index is 1.54. The fourth-order valence-electron chi connectivity index (χ4n) is 4.19. The molecule has 0 saturated carbocycles. The molecule has 4 aromatic carbocycles. The first-order chi connectivity index (χ1) is 20.8. The number of rotatable bonds is 11. The molecule has 0 fully saturated rings. The van der Waals surface area contributed by atoms with Crippen molar-refractivity contribution in [2.75, 3.05) is 24.9 Å². The van der Waals surface area contributed by atoms with Gasteiger partial charge in [0.25, 0.3) is 11.8 Å². The summed E-state index contributed by atoms with van der Waals surface area (Å²) < 4.78 is 10.9. The van der Waals surface area contributed by atoms with Crippen LogP contribution in [-0.4, -0.2) is 37.2 Å². The smallest absolute Gasteiger partial charge is 0.272 e. The molecule has 9 heteroatoms. The lowest BCUT2D eigenvalue weighted by molar-refractivity contribution is -0.115. The van der Waals surface area contributed by atoms with E-state index in [1.165, 1.54) is 32.1 Å². The minimum atomic E-state index is -0.540. The Hall–Kier alpha value is -5.02. The third-order valence-electron chi connectivity index (χ3n) is 6.32. The van der Waals surface area contributed by atoms with Crippen molar-refractivity contribution >= 4 is 46.9 Å². The van der Waals surface area contributed by atoms with Crippen LogP contribution >= 0.6 is 11.8 Å². The van der Waals surface area contributed by atoms with Crippen LogP contribution in [0.1, 0.15) is 28.4 Å². The summed E-state index contributed by atoms with van der Waals surface area (Å²) >= 11 is 1.37. The molecule has 3 amide bonds. The van der Waals surface area contributed by atoms with Crippen molar-refractivity contribution in [3.05, 3.63) is 119 Å². The molecule has 0 spiro atoms. The van der Waals surface area contributed by atoms with E-state index in [9.17, 15) is 14.4 Å². The van der Waals surface area contributed by atoms with Gasteiger partial charge in [0.05, 0.1) is 19.5 Å². The standard InChI is InChI=1S/C34H33N3O5S/c1-22-11-8-15-26(19-22)35-32(38)23(2)43-28-17-10-16-27(21-28)36-34(40)29(37-33(39)24-12-6-5-7-13-24)20-25-14-9-18-30(41-3)31(25)42-4/h5-21,23H,1-4H3,(H,35,38)(H,36,40)(H,37,39)/b29-20+. The van der Waals surface area contributed by atoms with Gasteiger partial charge in [-0.05, 0) is 74.0 Å². The van der Waals surface area contributed by atoms with Crippen LogP contribution in [0.5, 0.6) is 11.5 Å². The third kappa shape index (κ3) is 8.50. The number of hydrogen-bond donors (Lipinski definition) is 3. The molecule has 4 rings (SSSR count). The Labute approximate surface area is 255 Å². The van der Waals surface area contributed by atoms with Gasteiger partial charge in [-0.2, -0.15) is 0 Å². The van der Waals surface area contributed by atoms with E-state index in [0.717, 1.165) is 16.1 Å². The van der Waals surface area contributed by atoms with Crippen molar-refractivity contribution in [1.29, 1.82) is 0 Å². The molecule has 0 aromatic heterocycles. The molecule has 43 heavy (non-hydrogen) atoms. The van der Waals surface area contributed by atoms with E-state index >= 15 is 0 Å². The van der Waals surface area contributed by atoms with Gasteiger partial charge in [-0.1, -0.05) is 48.5 Å². The quantitative estimate of drug-likeness (QED) is 0.134. The van der Waals surface area contributed by atoms with Crippen LogP contribution < -0.4 is 25.4 Å². The highest BCUT2D eigenvalue weighted by Crippen LogP contribution is 2.32. The molecule has 8 nitrogen and oxygen atoms in total. The van der Waals surface area contributed by atoms with Crippen molar-refractivity contribution in [3.8, 4) is 11.5 Å². The van der Waals surface area contributed by atoms with Crippen LogP contribution in [0.15, 0.2) is 108 Å². The van der Waals surface area contributed by atoms with Gasteiger partial charge in [-0.3, -0.25) is 14.4 Å². The second-order valence-corrected chi connectivity index (χ2v) is 11.0. The van der Waals surface area contributed by atoms with Gasteiger partial charge in [0, 0.05) is 27.4 Å². The summed E-state index contributed by atoms with van der Waals surface area (Å²) in [6.45, 7) is 3.79. The molecule has 0 bridgehead atoms. The molecule has 1 atom stereocenters. The van der Waals surface area contributed by atoms with Crippen LogP contribution in [0.4, 0.5) is 11.4 Å². The molecule has 0 saturated heterocycles. The van der Waals surface area contributed by atoms with Crippen LogP contribution in [0, 0.1) is 6.92 Å². The first-order valence-electron chi connectivity index (χ1n) is 13.5. The van der Waals surface area contributed by atoms with E-state index in [1.807, 2.05) is 44.2 Å². The first kappa shape index (κ1) is 30.9. The summed E-state index contributed by atoms with van der Waals surface area (Å²) in [4.78, 5) is 40.2. The van der Waals surface area contributed by atoms with Crippen molar-refractivity contribution in [2.45, 2.75) is 24.0 Å². The number of methoxy groups -OCH3 is 2. The highest BCUT2D eigenvalue weighted by Gasteiger charge is 2.19. The van der Waals surface area contributed by atoms with Gasteiger partial charge in [-0.15, -0.1) is 11.8 Å². The molecule has 0 radical (unpaired) electrons. The summed E-state index contributed by atoms with van der Waals surface area (Å²) in [5, 5.41) is 8.15. The zero-order chi connectivity index (χ0) is 30.8. The Bertz CT molecular complexity index is 1640. The van der Waals surface area contributed by atoms with Crippen LogP contribution in [-0.2, 0) is 9.59 Å². The molecule has 1 unspecified atom stereocenters. The number of thioether (sulfide) groups is 1. The van der Waals surface area contributed by atoms with E-state index in [2.05, 4.69) is 16.0 Å². The number of aryl methyl sites for hydroxylation is 1. The molecule has 0 aliphatic heterocycles. The summed E-state index contributed by atoms with van der Waals surface area (Å²) in [5.74, 6) is -0.217. The molecule has 4 aromatic rings. The van der Waals surface area contributed by atoms with Crippen LogP contribution in [0.25, 0.3) is 6.08 Å². The zero-order valence-electron chi connectivity index (χ0n) is 24.3. The van der Waals surface area contributed by atoms with E-state index in [1.54, 1.807) is 66.7 Å². The number of carbonyl (C=O) groups is 3. The normalized spacial score (nSPS) is 11.7. The molecule has 0 aliphatic carbocycles. The van der Waals surface area contributed by atoms with E-state index in [0.29, 0.717) is 28.3 Å². The Morgan fingerprint density at radius 1 is 0.791 bits per heavy atom. The molecular weight excluding hydrogens is 562 g/mol. The van der Waals surface area contributed by atoms with E-state index < -0.39 is 17.1 Å². The van der Waals surface area contributed by atoms with E-state index in [4.69, 9.17) is 9.47 Å². The Morgan fingerprint density at radius 3 is 2.19 bits per heavy atom. The molecule has 0 heterocycles. The minimum absolute atomic E-state index is 0.00404. The predicted molar refractivity (Wildman–Crippen MR) is 172 cm³/mol. The van der Waals surface area contributed by atoms with Crippen molar-refractivity contribution in [1.82, 2.24) is 5.32 Å². The maximum Gasteiger partial charge on any atom is 0.272 e. The number of para-hydroxylation sites is 1. The highest BCUT2D eigenvalue weighted by atomic mass is 32.2. The third-order valence-corrected chi connectivity index (χ3v) is 7.42. The first-order valence-corrected chi connectivity index (χ1v) is 14.4. The van der Waals surface area contributed by atoms with Gasteiger partial charge >= 0.3 is 0 Å². The van der Waals surface area contributed by atoms with Gasteiger partial charge in [-0.25, -0.2) is 0 Å². The van der Waals surface area contributed by atoms with Gasteiger partial charge in [0.15, 0.2) is 11.5 Å². The largest absolute Gasteiger partial charge is 0.493 e. The highest BCUT2D eigenvalue weighted by molar-refractivity contribution is 8.00. The number of ether oxygens (including phenoxy) is 2. The number of anilines is 2. The van der Waals surface area contributed by atoms with Crippen molar-refractivity contribution < 1.29 is 23.9 Å². The van der Waals surface area contributed by atoms with Gasteiger partial charge in [0.2, 0.25) is 5.91 Å². The molecule has 220 valence electrons. The van der Waals surface area contributed by atoms with Crippen LogP contribution in [0.2, 0.25) is 0 Å². The lowest BCUT2D eigenvalue weighted by atomic mass is 10.1. The maximum atomic E-state index is 13.6. The van der Waals surface area contributed by atoms with Crippen molar-refractivity contribution in [3.63, 3.8) is 0 Å². The summed E-state index contributed by atoms with van der Waals surface area (Å²) in [6.07, 6.45) is 1.54. The van der Waals surface area contributed by atoms with E-state index in [-0.39, 0.29) is 11.6 Å². The molecule has 3 N–H and O–H groups in total. The minimum Gasteiger partial charge on any atom is -0.493 e. The number of hydrogen-bond acceptors (Lipinski definition) is 6. The monoisotopic (exact) mass is 595 g/mol. The number of nitrogens with one attached hydrogen (secondary N) is 3. The predicted octanol–water partition coefficient (Wildman–Crippen LogP) is 6.54. The second-order valence-electron chi connectivity index (χ2n) is 9.56. The number of benzene rings is 4. The maximum absolute atomic E-state index is 13.6. The topological polar surface area (TPSA) is 106 Å². The van der Waals surface area contributed by atoms with Gasteiger partial charge in [0.1, 0.15) is 5.70 Å². The lowest BCUT2D eigenvalue weighted by Crippen LogP contribution is -2.30. The average Bonchev–Trinajstić information content (AvgIpc) is 3.01. The van der Waals surface area contributed by atoms with Crippen LogP contribution in [0.3, 0.4) is 0 Å². The SMILES string of the molecule is COc1cccc(/C=C(/NC(=O)c2ccccc2)C(=O)Nc2cccc(SC(C)C(=O)Nc3cccc(C)c3)c2)c1OC. The fourth-order valence-corrected chi connectivity index (χ4v) is 5.12. The van der Waals surface area contributed by atoms with Crippen molar-refractivity contribution in [2.24, 2.45) is 0 Å². The lowest BCUT2D eigenvalue weighted by Gasteiger charge is -2.15.